The van der Waals surface area contributed by atoms with E-state index in [-0.39, 0.29) is 12.5 Å². The predicted octanol–water partition coefficient (Wildman–Crippen LogP) is 2.15. The molecule has 1 amide bonds. The lowest BCUT2D eigenvalue weighted by Gasteiger charge is -2.26. The van der Waals surface area contributed by atoms with Crippen LogP contribution in [0.2, 0.25) is 0 Å². The Kier molecular flexibility index (Phi) is 4.71. The number of hydrogen-bond acceptors (Lipinski definition) is 5. The Labute approximate surface area is 158 Å². The molecule has 3 aromatic rings. The number of rotatable bonds is 3. The molecule has 1 aliphatic rings. The lowest BCUT2D eigenvalue weighted by molar-refractivity contribution is 0.0303. The van der Waals surface area contributed by atoms with Gasteiger partial charge in [-0.05, 0) is 28.1 Å². The predicted molar refractivity (Wildman–Crippen MR) is 99.2 cm³/mol. The summed E-state index contributed by atoms with van der Waals surface area (Å²) in [5.41, 5.74) is 2.15. The number of hydrogen-bond donors (Lipinski definition) is 1. The number of halogens is 1. The van der Waals surface area contributed by atoms with Crippen LogP contribution in [0.5, 0.6) is 0 Å². The molecule has 1 saturated heterocycles. The summed E-state index contributed by atoms with van der Waals surface area (Å²) in [6.07, 6.45) is 5.13. The Hall–Kier alpha value is -2.29. The van der Waals surface area contributed by atoms with Crippen LogP contribution in [-0.2, 0) is 11.3 Å². The minimum absolute atomic E-state index is 0.0229. The zero-order valence-electron chi connectivity index (χ0n) is 13.9. The van der Waals surface area contributed by atoms with Gasteiger partial charge in [0, 0.05) is 48.2 Å². The Morgan fingerprint density at radius 2 is 1.96 bits per heavy atom. The van der Waals surface area contributed by atoms with Gasteiger partial charge in [-0.25, -0.2) is 9.97 Å². The number of amides is 1. The monoisotopic (exact) mass is 416 g/mol. The molecule has 3 heterocycles. The summed E-state index contributed by atoms with van der Waals surface area (Å²) in [4.78, 5) is 23.2. The van der Waals surface area contributed by atoms with Crippen LogP contribution in [0.25, 0.3) is 16.9 Å². The number of aliphatic hydroxyl groups is 1. The average molecular weight is 417 g/mol. The lowest BCUT2D eigenvalue weighted by atomic mass is 10.1. The summed E-state index contributed by atoms with van der Waals surface area (Å²) in [7, 11) is 0. The van der Waals surface area contributed by atoms with Crippen molar-refractivity contribution in [2.24, 2.45) is 0 Å². The van der Waals surface area contributed by atoms with Gasteiger partial charge < -0.3 is 14.7 Å². The molecule has 1 aliphatic heterocycles. The maximum absolute atomic E-state index is 12.8. The molecule has 0 unspecified atom stereocenters. The SMILES string of the molecule is O=C(c1ccc2c(CO)cn(-c3ncc(Br)cn3)c2c1)N1CCOCC1. The zero-order valence-corrected chi connectivity index (χ0v) is 15.5. The van der Waals surface area contributed by atoms with Gasteiger partial charge in [0.05, 0.1) is 29.8 Å². The quantitative estimate of drug-likeness (QED) is 0.707. The van der Waals surface area contributed by atoms with Gasteiger partial charge >= 0.3 is 0 Å². The molecule has 0 aliphatic carbocycles. The molecule has 4 rings (SSSR count). The Morgan fingerprint density at radius 3 is 2.65 bits per heavy atom. The number of aliphatic hydroxyl groups excluding tert-OH is 1. The minimum Gasteiger partial charge on any atom is -0.392 e. The van der Waals surface area contributed by atoms with E-state index >= 15 is 0 Å². The van der Waals surface area contributed by atoms with Crippen molar-refractivity contribution in [3.63, 3.8) is 0 Å². The standard InChI is InChI=1S/C18H17BrN4O3/c19-14-8-20-18(21-9-14)23-10-13(11-24)15-2-1-12(7-16(15)23)17(25)22-3-5-26-6-4-22/h1-2,7-10,24H,3-6,11H2. The number of carbonyl (C=O) groups excluding carboxylic acids is 1. The van der Waals surface area contributed by atoms with E-state index in [0.717, 1.165) is 20.9 Å². The van der Waals surface area contributed by atoms with Crippen molar-refractivity contribution in [3.8, 4) is 5.95 Å². The fourth-order valence-corrected chi connectivity index (χ4v) is 3.31. The first kappa shape index (κ1) is 17.1. The number of nitrogens with zero attached hydrogens (tertiary/aromatic N) is 4. The Balaban J connectivity index is 1.79. The van der Waals surface area contributed by atoms with E-state index in [1.807, 2.05) is 12.1 Å². The average Bonchev–Trinajstić information content (AvgIpc) is 3.06. The van der Waals surface area contributed by atoms with Crippen molar-refractivity contribution in [1.82, 2.24) is 19.4 Å². The third-order valence-electron chi connectivity index (χ3n) is 4.43. The molecule has 7 nitrogen and oxygen atoms in total. The fraction of sp³-hybridized carbons (Fsp3) is 0.278. The number of aromatic nitrogens is 3. The number of fused-ring (bicyclic) bond motifs is 1. The summed E-state index contributed by atoms with van der Waals surface area (Å²) in [6.45, 7) is 2.21. The Morgan fingerprint density at radius 1 is 1.23 bits per heavy atom. The summed E-state index contributed by atoms with van der Waals surface area (Å²) >= 11 is 3.33. The summed E-state index contributed by atoms with van der Waals surface area (Å²) in [6, 6.07) is 5.49. The van der Waals surface area contributed by atoms with Crippen LogP contribution in [0.3, 0.4) is 0 Å². The van der Waals surface area contributed by atoms with E-state index in [2.05, 4.69) is 25.9 Å². The number of benzene rings is 1. The molecule has 0 bridgehead atoms. The van der Waals surface area contributed by atoms with Crippen LogP contribution in [-0.4, -0.2) is 56.8 Å². The first-order valence-corrected chi connectivity index (χ1v) is 9.06. The van der Waals surface area contributed by atoms with Gasteiger partial charge in [0.2, 0.25) is 5.95 Å². The van der Waals surface area contributed by atoms with E-state index in [0.29, 0.717) is 37.8 Å². The minimum atomic E-state index is -0.100. The van der Waals surface area contributed by atoms with Gasteiger partial charge in [-0.15, -0.1) is 0 Å². The summed E-state index contributed by atoms with van der Waals surface area (Å²) in [5.74, 6) is 0.457. The van der Waals surface area contributed by atoms with Crippen LogP contribution in [0.4, 0.5) is 0 Å². The van der Waals surface area contributed by atoms with Crippen molar-refractivity contribution in [3.05, 3.63) is 52.4 Å². The van der Waals surface area contributed by atoms with Crippen LogP contribution in [0.15, 0.2) is 41.3 Å². The van der Waals surface area contributed by atoms with Crippen LogP contribution < -0.4 is 0 Å². The molecule has 134 valence electrons. The molecule has 0 atom stereocenters. The second-order valence-electron chi connectivity index (χ2n) is 6.02. The molecule has 2 aromatic heterocycles. The topological polar surface area (TPSA) is 80.5 Å². The maximum atomic E-state index is 12.8. The van der Waals surface area contributed by atoms with Crippen LogP contribution in [0, 0.1) is 0 Å². The van der Waals surface area contributed by atoms with Gasteiger partial charge in [-0.3, -0.25) is 9.36 Å². The highest BCUT2D eigenvalue weighted by Gasteiger charge is 2.20. The molecular formula is C18H17BrN4O3. The molecule has 8 heteroatoms. The van der Waals surface area contributed by atoms with E-state index in [1.165, 1.54) is 0 Å². The van der Waals surface area contributed by atoms with Crippen molar-refractivity contribution in [2.45, 2.75) is 6.61 Å². The van der Waals surface area contributed by atoms with Crippen molar-refractivity contribution in [1.29, 1.82) is 0 Å². The lowest BCUT2D eigenvalue weighted by Crippen LogP contribution is -2.40. The van der Waals surface area contributed by atoms with Crippen molar-refractivity contribution in [2.75, 3.05) is 26.3 Å². The van der Waals surface area contributed by atoms with Crippen LogP contribution >= 0.6 is 15.9 Å². The highest BCUT2D eigenvalue weighted by atomic mass is 79.9. The highest BCUT2D eigenvalue weighted by molar-refractivity contribution is 9.10. The molecule has 1 N–H and O–H groups in total. The molecule has 26 heavy (non-hydrogen) atoms. The molecule has 0 radical (unpaired) electrons. The van der Waals surface area contributed by atoms with Crippen LogP contribution in [0.1, 0.15) is 15.9 Å². The number of ether oxygens (including phenoxy) is 1. The van der Waals surface area contributed by atoms with Gasteiger partial charge in [-0.2, -0.15) is 0 Å². The van der Waals surface area contributed by atoms with E-state index in [4.69, 9.17) is 4.74 Å². The van der Waals surface area contributed by atoms with E-state index in [1.54, 1.807) is 34.1 Å². The third kappa shape index (κ3) is 3.11. The zero-order chi connectivity index (χ0) is 18.1. The molecule has 0 spiro atoms. The normalized spacial score (nSPS) is 14.8. The number of carbonyl (C=O) groups is 1. The molecular weight excluding hydrogens is 400 g/mol. The van der Waals surface area contributed by atoms with E-state index < -0.39 is 0 Å². The summed E-state index contributed by atoms with van der Waals surface area (Å²) < 4.78 is 7.89. The summed E-state index contributed by atoms with van der Waals surface area (Å²) in [5, 5.41) is 10.5. The van der Waals surface area contributed by atoms with Gasteiger partial charge in [0.25, 0.3) is 5.91 Å². The van der Waals surface area contributed by atoms with Crippen molar-refractivity contribution < 1.29 is 14.6 Å². The van der Waals surface area contributed by atoms with Gasteiger partial charge in [0.1, 0.15) is 0 Å². The molecule has 0 saturated carbocycles. The van der Waals surface area contributed by atoms with E-state index in [9.17, 15) is 9.90 Å². The highest BCUT2D eigenvalue weighted by Crippen LogP contribution is 2.26. The number of morpholine rings is 1. The first-order valence-electron chi connectivity index (χ1n) is 8.27. The Bertz CT molecular complexity index is 949. The molecule has 1 fully saturated rings. The largest absolute Gasteiger partial charge is 0.392 e. The fourth-order valence-electron chi connectivity index (χ4n) is 3.10. The first-order chi connectivity index (χ1) is 12.7. The van der Waals surface area contributed by atoms with Crippen molar-refractivity contribution >= 4 is 32.7 Å². The van der Waals surface area contributed by atoms with Gasteiger partial charge in [-0.1, -0.05) is 6.07 Å². The molecule has 1 aromatic carbocycles. The third-order valence-corrected chi connectivity index (χ3v) is 4.84. The van der Waals surface area contributed by atoms with Gasteiger partial charge in [0.15, 0.2) is 0 Å². The second kappa shape index (κ2) is 7.14. The maximum Gasteiger partial charge on any atom is 0.254 e. The second-order valence-corrected chi connectivity index (χ2v) is 6.94. The smallest absolute Gasteiger partial charge is 0.254 e.